The van der Waals surface area contributed by atoms with Gasteiger partial charge in [0.05, 0.1) is 5.56 Å². The van der Waals surface area contributed by atoms with Crippen LogP contribution in [0.4, 0.5) is 0 Å². The molecule has 2 aromatic carbocycles. The minimum Gasteiger partial charge on any atom is -0.478 e. The Balaban J connectivity index is 2.48. The van der Waals surface area contributed by atoms with Crippen molar-refractivity contribution in [1.29, 1.82) is 0 Å². The minimum atomic E-state index is -0.996. The molecule has 2 aromatic rings. The third-order valence-electron chi connectivity index (χ3n) is 3.32. The smallest absolute Gasteiger partial charge is 0.335 e. The lowest BCUT2D eigenvalue weighted by molar-refractivity contribution is -0.114. The van der Waals surface area contributed by atoms with Crippen LogP contribution >= 0.6 is 0 Å². The second-order valence-corrected chi connectivity index (χ2v) is 5.14. The van der Waals surface area contributed by atoms with E-state index in [1.807, 2.05) is 30.3 Å². The summed E-state index contributed by atoms with van der Waals surface area (Å²) in [5.41, 5.74) is 13.3. The summed E-state index contributed by atoms with van der Waals surface area (Å²) in [7, 11) is 0. The molecule has 122 valence electrons. The first kappa shape index (κ1) is 17.0. The predicted octanol–water partition coefficient (Wildman–Crippen LogP) is 2.26. The van der Waals surface area contributed by atoms with Gasteiger partial charge >= 0.3 is 5.97 Å². The molecular weight excluding hydrogens is 306 g/mol. The van der Waals surface area contributed by atoms with E-state index in [1.54, 1.807) is 25.1 Å². The standard InChI is InChI=1S/C18H17N3O3/c1-11(16(22)21-18(19)20)9-12-5-2-3-8-15(12)13-6-4-7-14(10-13)17(23)24/h2-10H,1H3,(H,23,24)(H4,19,20,21,22)/b11-9+. The number of guanidine groups is 1. The third kappa shape index (κ3) is 4.07. The Bertz CT molecular complexity index is 850. The second kappa shape index (κ2) is 7.23. The fourth-order valence-electron chi connectivity index (χ4n) is 2.21. The summed E-state index contributed by atoms with van der Waals surface area (Å²) in [6.45, 7) is 1.61. The van der Waals surface area contributed by atoms with E-state index in [0.717, 1.165) is 16.7 Å². The number of hydrogen-bond acceptors (Lipinski definition) is 2. The number of amides is 1. The van der Waals surface area contributed by atoms with Crippen LogP contribution in [0, 0.1) is 0 Å². The average Bonchev–Trinajstić information content (AvgIpc) is 2.54. The number of nitrogens with zero attached hydrogens (tertiary/aromatic N) is 1. The molecule has 24 heavy (non-hydrogen) atoms. The van der Waals surface area contributed by atoms with Gasteiger partial charge in [0.15, 0.2) is 5.96 Å². The van der Waals surface area contributed by atoms with Crippen molar-refractivity contribution in [3.63, 3.8) is 0 Å². The van der Waals surface area contributed by atoms with E-state index in [4.69, 9.17) is 16.6 Å². The van der Waals surface area contributed by atoms with Gasteiger partial charge in [0.25, 0.3) is 5.91 Å². The highest BCUT2D eigenvalue weighted by Gasteiger charge is 2.09. The molecule has 0 aliphatic carbocycles. The molecule has 0 saturated heterocycles. The molecule has 0 bridgehead atoms. The molecule has 0 atom stereocenters. The minimum absolute atomic E-state index is 0.194. The van der Waals surface area contributed by atoms with Gasteiger partial charge in [-0.15, -0.1) is 0 Å². The number of carbonyl (C=O) groups excluding carboxylic acids is 1. The number of aliphatic imine (C=N–C) groups is 1. The van der Waals surface area contributed by atoms with Crippen LogP contribution in [0.5, 0.6) is 0 Å². The first-order valence-electron chi connectivity index (χ1n) is 7.13. The maximum Gasteiger partial charge on any atom is 0.335 e. The number of carboxylic acids is 1. The Morgan fingerprint density at radius 3 is 2.46 bits per heavy atom. The zero-order valence-electron chi connectivity index (χ0n) is 13.1. The summed E-state index contributed by atoms with van der Waals surface area (Å²) in [6, 6.07) is 13.9. The fourth-order valence-corrected chi connectivity index (χ4v) is 2.21. The first-order valence-corrected chi connectivity index (χ1v) is 7.13. The molecule has 2 rings (SSSR count). The van der Waals surface area contributed by atoms with E-state index in [1.165, 1.54) is 6.07 Å². The molecule has 0 spiro atoms. The molecule has 0 heterocycles. The van der Waals surface area contributed by atoms with Gasteiger partial charge in [-0.2, -0.15) is 4.99 Å². The zero-order chi connectivity index (χ0) is 17.7. The molecule has 0 radical (unpaired) electrons. The molecule has 5 N–H and O–H groups in total. The number of rotatable bonds is 4. The molecule has 0 saturated carbocycles. The maximum atomic E-state index is 11.9. The van der Waals surface area contributed by atoms with Crippen molar-refractivity contribution in [1.82, 2.24) is 0 Å². The summed E-state index contributed by atoms with van der Waals surface area (Å²) in [5.74, 6) is -1.82. The van der Waals surface area contributed by atoms with Crippen LogP contribution in [-0.2, 0) is 4.79 Å². The molecular formula is C18H17N3O3. The van der Waals surface area contributed by atoms with Crippen molar-refractivity contribution in [2.75, 3.05) is 0 Å². The van der Waals surface area contributed by atoms with Gasteiger partial charge < -0.3 is 16.6 Å². The number of carboxylic acid groups (broad SMARTS) is 1. The van der Waals surface area contributed by atoms with Gasteiger partial charge in [-0.25, -0.2) is 4.79 Å². The molecule has 6 heteroatoms. The highest BCUT2D eigenvalue weighted by Crippen LogP contribution is 2.26. The number of aromatic carboxylic acids is 1. The molecule has 0 fully saturated rings. The van der Waals surface area contributed by atoms with Crippen LogP contribution in [0.2, 0.25) is 0 Å². The Morgan fingerprint density at radius 2 is 1.79 bits per heavy atom. The largest absolute Gasteiger partial charge is 0.478 e. The summed E-state index contributed by atoms with van der Waals surface area (Å²) in [4.78, 5) is 26.5. The van der Waals surface area contributed by atoms with E-state index in [-0.39, 0.29) is 11.5 Å². The highest BCUT2D eigenvalue weighted by atomic mass is 16.4. The van der Waals surface area contributed by atoms with E-state index in [9.17, 15) is 9.59 Å². The molecule has 0 unspecified atom stereocenters. The Hall–Kier alpha value is -3.41. The number of carbonyl (C=O) groups is 2. The first-order chi connectivity index (χ1) is 11.4. The van der Waals surface area contributed by atoms with Gasteiger partial charge in [0, 0.05) is 5.57 Å². The summed E-state index contributed by atoms with van der Waals surface area (Å²) < 4.78 is 0. The van der Waals surface area contributed by atoms with E-state index < -0.39 is 11.9 Å². The average molecular weight is 323 g/mol. The lowest BCUT2D eigenvalue weighted by Crippen LogP contribution is -2.24. The number of nitrogens with two attached hydrogens (primary N) is 2. The van der Waals surface area contributed by atoms with Crippen LogP contribution in [0.1, 0.15) is 22.8 Å². The van der Waals surface area contributed by atoms with Crippen molar-refractivity contribution in [2.24, 2.45) is 16.5 Å². The van der Waals surface area contributed by atoms with E-state index in [2.05, 4.69) is 4.99 Å². The fraction of sp³-hybridized carbons (Fsp3) is 0.0556. The Morgan fingerprint density at radius 1 is 1.08 bits per heavy atom. The van der Waals surface area contributed by atoms with Crippen LogP contribution in [-0.4, -0.2) is 22.9 Å². The maximum absolute atomic E-state index is 11.9. The van der Waals surface area contributed by atoms with Gasteiger partial charge in [0.1, 0.15) is 0 Å². The number of benzene rings is 2. The predicted molar refractivity (Wildman–Crippen MR) is 93.3 cm³/mol. The quantitative estimate of drug-likeness (QED) is 0.453. The van der Waals surface area contributed by atoms with Crippen LogP contribution in [0.15, 0.2) is 59.1 Å². The molecule has 0 aromatic heterocycles. The lowest BCUT2D eigenvalue weighted by atomic mass is 9.97. The van der Waals surface area contributed by atoms with E-state index >= 15 is 0 Å². The molecule has 6 nitrogen and oxygen atoms in total. The van der Waals surface area contributed by atoms with Crippen LogP contribution < -0.4 is 11.5 Å². The summed E-state index contributed by atoms with van der Waals surface area (Å²) in [5, 5.41) is 9.13. The molecule has 0 aliphatic heterocycles. The van der Waals surface area contributed by atoms with Gasteiger partial charge in [-0.05, 0) is 41.8 Å². The third-order valence-corrected chi connectivity index (χ3v) is 3.32. The Labute approximate surface area is 139 Å². The second-order valence-electron chi connectivity index (χ2n) is 5.14. The normalized spacial score (nSPS) is 11.0. The monoisotopic (exact) mass is 323 g/mol. The van der Waals surface area contributed by atoms with Crippen molar-refractivity contribution in [3.8, 4) is 11.1 Å². The van der Waals surface area contributed by atoms with Crippen molar-refractivity contribution >= 4 is 23.9 Å². The van der Waals surface area contributed by atoms with Crippen LogP contribution in [0.25, 0.3) is 17.2 Å². The van der Waals surface area contributed by atoms with Gasteiger partial charge in [0.2, 0.25) is 0 Å². The topological polar surface area (TPSA) is 119 Å². The highest BCUT2D eigenvalue weighted by molar-refractivity contribution is 6.04. The summed E-state index contributed by atoms with van der Waals surface area (Å²) >= 11 is 0. The molecule has 0 aliphatic rings. The molecule has 1 amide bonds. The van der Waals surface area contributed by atoms with Crippen molar-refractivity contribution in [3.05, 3.63) is 65.2 Å². The Kier molecular flexibility index (Phi) is 5.11. The number of hydrogen-bond donors (Lipinski definition) is 3. The summed E-state index contributed by atoms with van der Waals surface area (Å²) in [6.07, 6.45) is 1.66. The van der Waals surface area contributed by atoms with Crippen molar-refractivity contribution < 1.29 is 14.7 Å². The SMILES string of the molecule is C/C(=C\c1ccccc1-c1cccc(C(=O)O)c1)C(=O)N=C(N)N. The lowest BCUT2D eigenvalue weighted by Gasteiger charge is -2.08. The van der Waals surface area contributed by atoms with Crippen LogP contribution in [0.3, 0.4) is 0 Å². The van der Waals surface area contributed by atoms with Crippen molar-refractivity contribution in [2.45, 2.75) is 6.92 Å². The zero-order valence-corrected chi connectivity index (χ0v) is 13.1. The van der Waals surface area contributed by atoms with Gasteiger partial charge in [-0.3, -0.25) is 4.79 Å². The van der Waals surface area contributed by atoms with Gasteiger partial charge in [-0.1, -0.05) is 36.4 Å². The van der Waals surface area contributed by atoms with E-state index in [0.29, 0.717) is 5.57 Å².